The van der Waals surface area contributed by atoms with Crippen LogP contribution in [-0.4, -0.2) is 58.9 Å². The number of hydrogen-bond donors (Lipinski definition) is 1. The Bertz CT molecular complexity index is 613. The van der Waals surface area contributed by atoms with Crippen molar-refractivity contribution in [2.75, 3.05) is 30.5 Å². The second-order valence-corrected chi connectivity index (χ2v) is 6.96. The van der Waals surface area contributed by atoms with Crippen molar-refractivity contribution in [3.05, 3.63) is 30.1 Å². The first-order valence-corrected chi connectivity index (χ1v) is 8.86. The normalized spacial score (nSPS) is 24.9. The molecule has 0 spiro atoms. The molecule has 0 aromatic heterocycles. The van der Waals surface area contributed by atoms with Crippen LogP contribution in [0.4, 0.5) is 10.1 Å². The van der Waals surface area contributed by atoms with Crippen molar-refractivity contribution in [2.45, 2.75) is 24.9 Å². The Hall–Kier alpha value is -1.60. The van der Waals surface area contributed by atoms with E-state index in [1.165, 1.54) is 12.1 Å². The Labute approximate surface area is 139 Å². The molecular formula is C16H20FN3O2S. The molecule has 1 aromatic rings. The van der Waals surface area contributed by atoms with Crippen LogP contribution in [-0.2, 0) is 9.59 Å². The molecule has 2 fully saturated rings. The number of amides is 2. The number of likely N-dealkylation sites (N-methyl/N-ethyl adjacent to an activating group) is 1. The van der Waals surface area contributed by atoms with Crippen molar-refractivity contribution in [3.63, 3.8) is 0 Å². The number of rotatable bonds is 3. The summed E-state index contributed by atoms with van der Waals surface area (Å²) in [7, 11) is 1.95. The molecule has 0 saturated carbocycles. The lowest BCUT2D eigenvalue weighted by molar-refractivity contribution is -0.139. The molecule has 2 saturated heterocycles. The van der Waals surface area contributed by atoms with Gasteiger partial charge in [0.2, 0.25) is 11.8 Å². The number of likely N-dealkylation sites (tertiary alicyclic amines) is 1. The molecule has 2 unspecified atom stereocenters. The zero-order valence-corrected chi connectivity index (χ0v) is 13.8. The van der Waals surface area contributed by atoms with Crippen molar-refractivity contribution in [3.8, 4) is 0 Å². The van der Waals surface area contributed by atoms with Crippen molar-refractivity contribution >= 4 is 29.3 Å². The molecule has 23 heavy (non-hydrogen) atoms. The SMILES string of the molecule is CN1CCCC1C(=O)N1CSCC1C(=O)Nc1cccc(F)c1. The Kier molecular flexibility index (Phi) is 4.87. The van der Waals surface area contributed by atoms with Crippen LogP contribution in [0, 0.1) is 5.82 Å². The largest absolute Gasteiger partial charge is 0.324 e. The maximum Gasteiger partial charge on any atom is 0.248 e. The molecule has 7 heteroatoms. The summed E-state index contributed by atoms with van der Waals surface area (Å²) in [6, 6.07) is 5.16. The first-order chi connectivity index (χ1) is 11.1. The molecule has 1 N–H and O–H groups in total. The van der Waals surface area contributed by atoms with Gasteiger partial charge in [-0.15, -0.1) is 11.8 Å². The second kappa shape index (κ2) is 6.88. The molecule has 0 bridgehead atoms. The maximum atomic E-state index is 13.2. The van der Waals surface area contributed by atoms with Crippen LogP contribution in [0.3, 0.4) is 0 Å². The number of nitrogens with one attached hydrogen (secondary N) is 1. The zero-order chi connectivity index (χ0) is 16.4. The summed E-state index contributed by atoms with van der Waals surface area (Å²) in [5.74, 6) is 0.474. The monoisotopic (exact) mass is 337 g/mol. The lowest BCUT2D eigenvalue weighted by atomic mass is 10.1. The third-order valence-electron chi connectivity index (χ3n) is 4.37. The molecular weight excluding hydrogens is 317 g/mol. The molecule has 5 nitrogen and oxygen atoms in total. The molecule has 124 valence electrons. The Morgan fingerprint density at radius 1 is 1.35 bits per heavy atom. The van der Waals surface area contributed by atoms with Gasteiger partial charge in [0.1, 0.15) is 11.9 Å². The van der Waals surface area contributed by atoms with Gasteiger partial charge in [-0.05, 0) is 44.6 Å². The Balaban J connectivity index is 1.68. The van der Waals surface area contributed by atoms with Crippen LogP contribution in [0.2, 0.25) is 0 Å². The molecule has 2 amide bonds. The number of benzene rings is 1. The van der Waals surface area contributed by atoms with Gasteiger partial charge in [0.25, 0.3) is 0 Å². The van der Waals surface area contributed by atoms with Crippen LogP contribution >= 0.6 is 11.8 Å². The highest BCUT2D eigenvalue weighted by Crippen LogP contribution is 2.26. The summed E-state index contributed by atoms with van der Waals surface area (Å²) in [6.07, 6.45) is 1.85. The van der Waals surface area contributed by atoms with Crippen molar-refractivity contribution in [1.29, 1.82) is 0 Å². The van der Waals surface area contributed by atoms with Crippen LogP contribution < -0.4 is 5.32 Å². The van der Waals surface area contributed by atoms with Crippen LogP contribution in [0.25, 0.3) is 0 Å². The van der Waals surface area contributed by atoms with Crippen molar-refractivity contribution in [2.24, 2.45) is 0 Å². The zero-order valence-electron chi connectivity index (χ0n) is 13.0. The van der Waals surface area contributed by atoms with Gasteiger partial charge in [-0.1, -0.05) is 6.07 Å². The van der Waals surface area contributed by atoms with Gasteiger partial charge in [-0.25, -0.2) is 4.39 Å². The van der Waals surface area contributed by atoms with Gasteiger partial charge in [0.15, 0.2) is 0 Å². The summed E-state index contributed by atoms with van der Waals surface area (Å²) in [5, 5.41) is 2.71. The van der Waals surface area contributed by atoms with Gasteiger partial charge in [0, 0.05) is 11.4 Å². The Morgan fingerprint density at radius 2 is 2.17 bits per heavy atom. The first-order valence-electron chi connectivity index (χ1n) is 7.71. The molecule has 0 aliphatic carbocycles. The topological polar surface area (TPSA) is 52.7 Å². The summed E-state index contributed by atoms with van der Waals surface area (Å²) in [6.45, 7) is 0.914. The maximum absolute atomic E-state index is 13.2. The summed E-state index contributed by atoms with van der Waals surface area (Å²) in [4.78, 5) is 28.9. The lowest BCUT2D eigenvalue weighted by Crippen LogP contribution is -2.50. The fourth-order valence-electron chi connectivity index (χ4n) is 3.08. The quantitative estimate of drug-likeness (QED) is 0.913. The van der Waals surface area contributed by atoms with Crippen LogP contribution in [0.5, 0.6) is 0 Å². The minimum atomic E-state index is -0.496. The number of anilines is 1. The second-order valence-electron chi connectivity index (χ2n) is 5.96. The summed E-state index contributed by atoms with van der Waals surface area (Å²) >= 11 is 1.57. The number of carbonyl (C=O) groups excluding carboxylic acids is 2. The lowest BCUT2D eigenvalue weighted by Gasteiger charge is -2.28. The third-order valence-corrected chi connectivity index (χ3v) is 5.38. The van der Waals surface area contributed by atoms with Gasteiger partial charge >= 0.3 is 0 Å². The van der Waals surface area contributed by atoms with E-state index in [2.05, 4.69) is 5.32 Å². The number of carbonyl (C=O) groups is 2. The fraction of sp³-hybridized carbons (Fsp3) is 0.500. The summed E-state index contributed by atoms with van der Waals surface area (Å²) in [5.41, 5.74) is 0.414. The smallest absolute Gasteiger partial charge is 0.248 e. The number of thioether (sulfide) groups is 1. The van der Waals surface area contributed by atoms with Gasteiger partial charge in [0.05, 0.1) is 11.9 Å². The molecule has 0 radical (unpaired) electrons. The average Bonchev–Trinajstić information content (AvgIpc) is 3.15. The molecule has 1 aromatic carbocycles. The van der Waals surface area contributed by atoms with E-state index in [4.69, 9.17) is 0 Å². The van der Waals surface area contributed by atoms with E-state index in [0.29, 0.717) is 17.3 Å². The highest BCUT2D eigenvalue weighted by molar-refractivity contribution is 7.99. The molecule has 2 atom stereocenters. The number of nitrogens with zero attached hydrogens (tertiary/aromatic N) is 2. The minimum absolute atomic E-state index is 0.0226. The van der Waals surface area contributed by atoms with Crippen molar-refractivity contribution < 1.29 is 14.0 Å². The number of hydrogen-bond acceptors (Lipinski definition) is 4. The molecule has 3 rings (SSSR count). The van der Waals surface area contributed by atoms with Crippen molar-refractivity contribution in [1.82, 2.24) is 9.80 Å². The summed E-state index contributed by atoms with van der Waals surface area (Å²) < 4.78 is 13.2. The van der Waals surface area contributed by atoms with E-state index in [1.54, 1.807) is 28.8 Å². The molecule has 2 aliphatic rings. The fourth-order valence-corrected chi connectivity index (χ4v) is 4.25. The van der Waals surface area contributed by atoms with E-state index >= 15 is 0 Å². The number of halogens is 1. The molecule has 2 heterocycles. The third kappa shape index (κ3) is 3.50. The highest BCUT2D eigenvalue weighted by Gasteiger charge is 2.39. The first kappa shape index (κ1) is 16.3. The van der Waals surface area contributed by atoms with Gasteiger partial charge in [-0.2, -0.15) is 0 Å². The predicted octanol–water partition coefficient (Wildman–Crippen LogP) is 1.76. The van der Waals surface area contributed by atoms with Crippen LogP contribution in [0.15, 0.2) is 24.3 Å². The van der Waals surface area contributed by atoms with E-state index < -0.39 is 11.9 Å². The van der Waals surface area contributed by atoms with E-state index in [9.17, 15) is 14.0 Å². The van der Waals surface area contributed by atoms with Crippen LogP contribution in [0.1, 0.15) is 12.8 Å². The molecule has 2 aliphatic heterocycles. The highest BCUT2D eigenvalue weighted by atomic mass is 32.2. The van der Waals surface area contributed by atoms with Gasteiger partial charge in [-0.3, -0.25) is 14.5 Å². The minimum Gasteiger partial charge on any atom is -0.324 e. The Morgan fingerprint density at radius 3 is 2.87 bits per heavy atom. The van der Waals surface area contributed by atoms with E-state index in [1.807, 2.05) is 11.9 Å². The predicted molar refractivity (Wildman–Crippen MR) is 88.6 cm³/mol. The standard InChI is InChI=1S/C16H20FN3O2S/c1-19-7-3-6-13(19)16(22)20-10-23-9-14(20)15(21)18-12-5-2-4-11(17)8-12/h2,4-5,8,13-14H,3,6-7,9-10H2,1H3,(H,18,21). The average molecular weight is 337 g/mol. The van der Waals surface area contributed by atoms with E-state index in [0.717, 1.165) is 19.4 Å². The van der Waals surface area contributed by atoms with E-state index in [-0.39, 0.29) is 17.9 Å². The van der Waals surface area contributed by atoms with Gasteiger partial charge < -0.3 is 10.2 Å².